The number of allylic oxidation sites excluding steroid dienone is 1. The number of hydrogen-bond acceptors (Lipinski definition) is 12. The second kappa shape index (κ2) is 21.9. The molecule has 1 amide bonds. The Balaban J connectivity index is 1.46. The van der Waals surface area contributed by atoms with Crippen LogP contribution in [0.3, 0.4) is 0 Å². The maximum absolute atomic E-state index is 14.2. The maximum atomic E-state index is 14.2. The molecule has 340 valence electrons. The summed E-state index contributed by atoms with van der Waals surface area (Å²) in [6.45, 7) is 10.7. The Morgan fingerprint density at radius 3 is 2.41 bits per heavy atom. The average Bonchev–Trinajstić information content (AvgIpc) is 3.28. The van der Waals surface area contributed by atoms with Crippen molar-refractivity contribution in [2.45, 2.75) is 95.7 Å². The standard InChI is InChI=1S/C50H64N2O11/c1-7-25-60-50-45(52(5)48(56)59-27-26-58-33-34-15-9-8-10-16-34)31-42(51-63-49(2,3)4)40-29-35(17-11-13-23-53)39(18-12-14-24-54)46(47(40)50)41-30-38(20-22-44(41)62-50)61-37-19-21-43(57-6)36(28-37)32-55/h7-10,15-16,19-22,28-30,32,35,39,45-47,53-54H,1,11-14,17-18,23-27,31,33H2,2-6H3. The molecule has 1 saturated carbocycles. The summed E-state index contributed by atoms with van der Waals surface area (Å²) in [4.78, 5) is 33.8. The van der Waals surface area contributed by atoms with Crippen LogP contribution in [0.15, 0.2) is 96.2 Å². The molecule has 2 N–H and O–H groups in total. The SMILES string of the molecule is C=CCOC12Oc3ccc(Oc4ccc(OC)c(C=O)c4)cc3C3C(CCCCO)C(CCCCO)C=C(C(=NOC(C)(C)C)CC1N(C)C(=O)OCCOCc1ccccc1)C32. The highest BCUT2D eigenvalue weighted by atomic mass is 16.7. The van der Waals surface area contributed by atoms with Crippen molar-refractivity contribution >= 4 is 18.1 Å². The Hall–Kier alpha value is -5.21. The number of nitrogens with zero attached hydrogens (tertiary/aromatic N) is 2. The predicted octanol–water partition coefficient (Wildman–Crippen LogP) is 9.02. The molecule has 13 nitrogen and oxygen atoms in total. The van der Waals surface area contributed by atoms with Gasteiger partial charge in [0.05, 0.1) is 44.1 Å². The summed E-state index contributed by atoms with van der Waals surface area (Å²) >= 11 is 0. The van der Waals surface area contributed by atoms with Gasteiger partial charge in [0.25, 0.3) is 0 Å². The number of ether oxygens (including phenoxy) is 6. The molecule has 1 heterocycles. The summed E-state index contributed by atoms with van der Waals surface area (Å²) in [5.74, 6) is -0.152. The van der Waals surface area contributed by atoms with Crippen molar-refractivity contribution in [2.75, 3.05) is 47.2 Å². The Labute approximate surface area is 371 Å². The van der Waals surface area contributed by atoms with E-state index in [9.17, 15) is 19.8 Å². The van der Waals surface area contributed by atoms with E-state index in [0.717, 1.165) is 48.7 Å². The number of aliphatic hydroxyl groups is 2. The van der Waals surface area contributed by atoms with Crippen molar-refractivity contribution in [3.63, 3.8) is 0 Å². The molecular weight excluding hydrogens is 805 g/mol. The van der Waals surface area contributed by atoms with Crippen LogP contribution in [-0.2, 0) is 25.7 Å². The topological polar surface area (TPSA) is 155 Å². The highest BCUT2D eigenvalue weighted by Gasteiger charge is 2.65. The van der Waals surface area contributed by atoms with Crippen molar-refractivity contribution in [2.24, 2.45) is 22.9 Å². The van der Waals surface area contributed by atoms with Gasteiger partial charge in [-0.15, -0.1) is 6.58 Å². The third-order valence-electron chi connectivity index (χ3n) is 12.0. The quantitative estimate of drug-likeness (QED) is 0.0430. The fourth-order valence-electron chi connectivity index (χ4n) is 9.17. The van der Waals surface area contributed by atoms with Gasteiger partial charge in [-0.3, -0.25) is 4.79 Å². The van der Waals surface area contributed by atoms with Gasteiger partial charge in [-0.25, -0.2) is 4.79 Å². The lowest BCUT2D eigenvalue weighted by molar-refractivity contribution is -0.253. The van der Waals surface area contributed by atoms with Crippen LogP contribution in [0.25, 0.3) is 0 Å². The molecule has 1 fully saturated rings. The monoisotopic (exact) mass is 868 g/mol. The molecule has 3 aromatic carbocycles. The van der Waals surface area contributed by atoms with Crippen LogP contribution in [0.5, 0.6) is 23.0 Å². The lowest BCUT2D eigenvalue weighted by Gasteiger charge is -2.59. The highest BCUT2D eigenvalue weighted by Crippen LogP contribution is 2.62. The molecule has 13 heteroatoms. The molecule has 6 rings (SSSR count). The summed E-state index contributed by atoms with van der Waals surface area (Å²) in [7, 11) is 3.21. The molecular formula is C50H64N2O11. The van der Waals surface area contributed by atoms with Gasteiger partial charge in [0.1, 0.15) is 41.2 Å². The van der Waals surface area contributed by atoms with Gasteiger partial charge >= 0.3 is 6.09 Å². The maximum Gasteiger partial charge on any atom is 0.410 e. The minimum absolute atomic E-state index is 0.0128. The largest absolute Gasteiger partial charge is 0.496 e. The second-order valence-electron chi connectivity index (χ2n) is 17.4. The number of hydrogen-bond donors (Lipinski definition) is 2. The van der Waals surface area contributed by atoms with Crippen LogP contribution in [0, 0.1) is 17.8 Å². The number of methoxy groups -OCH3 is 1. The first-order valence-corrected chi connectivity index (χ1v) is 22.1. The molecule has 63 heavy (non-hydrogen) atoms. The van der Waals surface area contributed by atoms with Crippen molar-refractivity contribution in [3.8, 4) is 23.0 Å². The number of amides is 1. The number of rotatable bonds is 22. The molecule has 2 aliphatic carbocycles. The molecule has 0 radical (unpaired) electrons. The van der Waals surface area contributed by atoms with E-state index in [4.69, 9.17) is 38.4 Å². The fraction of sp³-hybridized carbons (Fsp3) is 0.500. The zero-order valence-corrected chi connectivity index (χ0v) is 37.3. The van der Waals surface area contributed by atoms with Gasteiger partial charge < -0.3 is 48.4 Å². The van der Waals surface area contributed by atoms with Crippen LogP contribution in [-0.4, -0.2) is 97.8 Å². The van der Waals surface area contributed by atoms with E-state index in [1.807, 2.05) is 69.3 Å². The third-order valence-corrected chi connectivity index (χ3v) is 12.0. The Morgan fingerprint density at radius 2 is 1.71 bits per heavy atom. The minimum atomic E-state index is -1.45. The fourth-order valence-corrected chi connectivity index (χ4v) is 9.17. The number of oxime groups is 1. The molecule has 6 unspecified atom stereocenters. The van der Waals surface area contributed by atoms with Gasteiger partial charge in [-0.2, -0.15) is 0 Å². The number of fused-ring (bicyclic) bond motifs is 2. The van der Waals surface area contributed by atoms with Crippen molar-refractivity contribution < 1.29 is 53.1 Å². The molecule has 0 aromatic heterocycles. The molecule has 0 spiro atoms. The molecule has 0 saturated heterocycles. The third kappa shape index (κ3) is 11.3. The Morgan fingerprint density at radius 1 is 0.984 bits per heavy atom. The first-order chi connectivity index (χ1) is 30.5. The van der Waals surface area contributed by atoms with Crippen molar-refractivity contribution in [3.05, 3.63) is 108 Å². The van der Waals surface area contributed by atoms with Gasteiger partial charge in [0.2, 0.25) is 5.79 Å². The molecule has 0 bridgehead atoms. The lowest BCUT2D eigenvalue weighted by Crippen LogP contribution is -2.69. The summed E-state index contributed by atoms with van der Waals surface area (Å²) in [6, 6.07) is 19.8. The molecule has 6 atom stereocenters. The molecule has 1 aliphatic heterocycles. The highest BCUT2D eigenvalue weighted by molar-refractivity contribution is 6.03. The first-order valence-electron chi connectivity index (χ1n) is 22.1. The predicted molar refractivity (Wildman–Crippen MR) is 239 cm³/mol. The number of carbonyl (C=O) groups excluding carboxylic acids is 2. The van der Waals surface area contributed by atoms with Crippen LogP contribution < -0.4 is 14.2 Å². The van der Waals surface area contributed by atoms with Crippen LogP contribution in [0.4, 0.5) is 4.79 Å². The number of unbranched alkanes of at least 4 members (excludes halogenated alkanes) is 2. The van der Waals surface area contributed by atoms with Gasteiger partial charge in [-0.05, 0) is 106 Å². The molecule has 3 aliphatic rings. The zero-order valence-electron chi connectivity index (χ0n) is 37.3. The lowest BCUT2D eigenvalue weighted by atomic mass is 9.55. The smallest absolute Gasteiger partial charge is 0.410 e. The summed E-state index contributed by atoms with van der Waals surface area (Å²) in [5.41, 5.74) is 3.24. The Bertz CT molecular complexity index is 2060. The number of aldehydes is 1. The van der Waals surface area contributed by atoms with Crippen LogP contribution in [0.2, 0.25) is 0 Å². The van der Waals surface area contributed by atoms with Crippen molar-refractivity contribution in [1.82, 2.24) is 4.90 Å². The van der Waals surface area contributed by atoms with Gasteiger partial charge in [0, 0.05) is 38.2 Å². The van der Waals surface area contributed by atoms with E-state index in [0.29, 0.717) is 53.7 Å². The summed E-state index contributed by atoms with van der Waals surface area (Å²) < 4.78 is 37.7. The van der Waals surface area contributed by atoms with E-state index < -0.39 is 29.4 Å². The minimum Gasteiger partial charge on any atom is -0.496 e. The summed E-state index contributed by atoms with van der Waals surface area (Å²) in [5, 5.41) is 24.7. The average molecular weight is 869 g/mol. The van der Waals surface area contributed by atoms with Crippen LogP contribution in [0.1, 0.15) is 93.1 Å². The number of likely N-dealkylation sites (N-methyl/N-ethyl adjacent to an activating group) is 1. The van der Waals surface area contributed by atoms with Crippen molar-refractivity contribution in [1.29, 1.82) is 0 Å². The first kappa shape index (κ1) is 47.3. The van der Waals surface area contributed by atoms with E-state index >= 15 is 0 Å². The normalized spacial score (nSPS) is 23.1. The van der Waals surface area contributed by atoms with Crippen LogP contribution >= 0.6 is 0 Å². The number of aliphatic hydroxyl groups excluding tert-OH is 2. The zero-order chi connectivity index (χ0) is 45.0. The number of carbonyl (C=O) groups is 2. The second-order valence-corrected chi connectivity index (χ2v) is 17.4. The van der Waals surface area contributed by atoms with E-state index in [2.05, 4.69) is 12.7 Å². The number of benzene rings is 3. The van der Waals surface area contributed by atoms with E-state index in [1.165, 1.54) is 7.11 Å². The Kier molecular flexibility index (Phi) is 16.5. The van der Waals surface area contributed by atoms with E-state index in [1.54, 1.807) is 36.2 Å². The summed E-state index contributed by atoms with van der Waals surface area (Å²) in [6.07, 6.45) is 8.80. The van der Waals surface area contributed by atoms with Gasteiger partial charge in [-0.1, -0.05) is 60.5 Å². The molecule has 3 aromatic rings. The van der Waals surface area contributed by atoms with E-state index in [-0.39, 0.29) is 57.2 Å². The van der Waals surface area contributed by atoms with Gasteiger partial charge in [0.15, 0.2) is 6.29 Å².